The maximum Gasteiger partial charge on any atom is 0.418 e. The molecule has 9 heteroatoms. The second kappa shape index (κ2) is 11.1. The van der Waals surface area contributed by atoms with Gasteiger partial charge in [0, 0.05) is 40.7 Å². The quantitative estimate of drug-likeness (QED) is 0.193. The van der Waals surface area contributed by atoms with Crippen LogP contribution in [0.25, 0.3) is 0 Å². The monoisotopic (exact) mass is 620 g/mol. The van der Waals surface area contributed by atoms with Gasteiger partial charge in [0.2, 0.25) is 5.91 Å². The Morgan fingerprint density at radius 3 is 2.33 bits per heavy atom. The molecule has 2 heterocycles. The Labute approximate surface area is 263 Å². The highest BCUT2D eigenvalue weighted by atomic mass is 19.4. The number of benzene rings is 5. The number of alkyl halides is 3. The summed E-state index contributed by atoms with van der Waals surface area (Å²) in [4.78, 5) is 28.4. The number of hydrogen-bond acceptors (Lipinski definition) is 5. The van der Waals surface area contributed by atoms with Gasteiger partial charge in [-0.1, -0.05) is 60.7 Å². The van der Waals surface area contributed by atoms with Crippen molar-refractivity contribution in [2.75, 3.05) is 16.8 Å². The second-order valence-electron chi connectivity index (χ2n) is 11.1. The minimum absolute atomic E-state index is 0.0907. The molecule has 0 aromatic heterocycles. The fourth-order valence-corrected chi connectivity index (χ4v) is 6.27. The molecule has 0 radical (unpaired) electrons. The molecule has 1 unspecified atom stereocenters. The number of nitrogens with one attached hydrogen (secondary N) is 1. The van der Waals surface area contributed by atoms with E-state index in [-0.39, 0.29) is 18.0 Å². The largest absolute Gasteiger partial charge is 0.456 e. The van der Waals surface area contributed by atoms with Gasteiger partial charge in [0.1, 0.15) is 11.5 Å². The zero-order valence-electron chi connectivity index (χ0n) is 24.6. The Hall–Kier alpha value is -5.57. The first kappa shape index (κ1) is 29.2. The van der Waals surface area contributed by atoms with E-state index in [0.717, 1.165) is 11.6 Å². The van der Waals surface area contributed by atoms with Crippen LogP contribution in [0.1, 0.15) is 45.1 Å². The van der Waals surface area contributed by atoms with Crippen LogP contribution in [-0.2, 0) is 27.7 Å². The molecule has 5 aromatic rings. The van der Waals surface area contributed by atoms with Gasteiger partial charge in [-0.3, -0.25) is 4.79 Å². The average Bonchev–Trinajstić information content (AvgIpc) is 3.34. The van der Waals surface area contributed by atoms with Crippen LogP contribution in [0.3, 0.4) is 0 Å². The fourth-order valence-electron chi connectivity index (χ4n) is 6.27. The van der Waals surface area contributed by atoms with Gasteiger partial charge in [-0.2, -0.15) is 13.2 Å². The Bertz CT molecular complexity index is 1990. The summed E-state index contributed by atoms with van der Waals surface area (Å²) >= 11 is 0. The van der Waals surface area contributed by atoms with Gasteiger partial charge >= 0.3 is 12.1 Å². The van der Waals surface area contributed by atoms with E-state index in [9.17, 15) is 22.8 Å². The van der Waals surface area contributed by atoms with Crippen LogP contribution >= 0.6 is 0 Å². The number of amides is 1. The smallest absolute Gasteiger partial charge is 0.418 e. The van der Waals surface area contributed by atoms with E-state index < -0.39 is 23.3 Å². The summed E-state index contributed by atoms with van der Waals surface area (Å²) in [6.45, 7) is 2.30. The third kappa shape index (κ3) is 4.84. The van der Waals surface area contributed by atoms with Crippen molar-refractivity contribution in [2.45, 2.75) is 25.1 Å². The molecule has 0 aliphatic carbocycles. The van der Waals surface area contributed by atoms with Crippen LogP contribution in [0.15, 0.2) is 115 Å². The highest BCUT2D eigenvalue weighted by Crippen LogP contribution is 2.57. The zero-order chi connectivity index (χ0) is 32.1. The maximum absolute atomic E-state index is 13.8. The van der Waals surface area contributed by atoms with Gasteiger partial charge in [-0.05, 0) is 61.0 Å². The predicted octanol–water partition coefficient (Wildman–Crippen LogP) is 8.61. The molecule has 1 N–H and O–H groups in total. The van der Waals surface area contributed by atoms with Crippen LogP contribution in [0.4, 0.5) is 30.2 Å². The molecule has 5 aromatic carbocycles. The number of halogens is 3. The topological polar surface area (TPSA) is 67.9 Å². The molecular weight excluding hydrogens is 593 g/mol. The van der Waals surface area contributed by atoms with E-state index in [2.05, 4.69) is 5.32 Å². The summed E-state index contributed by atoms with van der Waals surface area (Å²) in [7, 11) is 0. The molecule has 7 rings (SSSR count). The standard InChI is InChI=1S/C37H27F3N2O4/c1-2-42(34(43)20-23-10-4-3-5-11-23)25-17-18-29-33(22-25)45-32-19-16-24(41-31-15-9-8-14-28(31)37(38,39)40)21-30(32)36(29)27-13-7-6-12-26(27)35(44)46-36/h3-19,21-22,41H,2,20H2,1H3. The molecule has 46 heavy (non-hydrogen) atoms. The van der Waals surface area contributed by atoms with Crippen LogP contribution in [0.2, 0.25) is 0 Å². The lowest BCUT2D eigenvalue weighted by Crippen LogP contribution is -2.34. The number of likely N-dealkylation sites (N-methyl/N-ethyl adjacent to an activating group) is 1. The van der Waals surface area contributed by atoms with Crippen molar-refractivity contribution in [1.29, 1.82) is 0 Å². The number of ether oxygens (including phenoxy) is 2. The number of fused-ring (bicyclic) bond motifs is 6. The van der Waals surface area contributed by atoms with E-state index >= 15 is 0 Å². The molecule has 230 valence electrons. The number of nitrogens with zero attached hydrogens (tertiary/aromatic N) is 1. The lowest BCUT2D eigenvalue weighted by atomic mass is 9.77. The van der Waals surface area contributed by atoms with E-state index in [4.69, 9.17) is 9.47 Å². The molecule has 2 aliphatic rings. The van der Waals surface area contributed by atoms with Crippen LogP contribution < -0.4 is 15.0 Å². The molecule has 0 bridgehead atoms. The van der Waals surface area contributed by atoms with Crippen molar-refractivity contribution in [2.24, 2.45) is 0 Å². The highest BCUT2D eigenvalue weighted by molar-refractivity contribution is 5.98. The SMILES string of the molecule is CCN(C(=O)Cc1ccccc1)c1ccc2c(c1)Oc1ccc(Nc3ccccc3C(F)(F)F)cc1C21OC(=O)c2ccccc21. The summed E-state index contributed by atoms with van der Waals surface area (Å²) in [5, 5.41) is 2.90. The first-order chi connectivity index (χ1) is 22.2. The summed E-state index contributed by atoms with van der Waals surface area (Å²) in [6.07, 6.45) is -4.34. The summed E-state index contributed by atoms with van der Waals surface area (Å²) in [5.74, 6) is 0.130. The molecule has 6 nitrogen and oxygen atoms in total. The number of carbonyl (C=O) groups is 2. The molecule has 1 amide bonds. The van der Waals surface area contributed by atoms with E-state index in [1.54, 1.807) is 65.6 Å². The molecule has 0 saturated heterocycles. The number of rotatable bonds is 6. The van der Waals surface area contributed by atoms with Crippen LogP contribution in [0.5, 0.6) is 11.5 Å². The van der Waals surface area contributed by atoms with Gasteiger partial charge in [0.25, 0.3) is 0 Å². The van der Waals surface area contributed by atoms with Gasteiger partial charge in [-0.25, -0.2) is 4.79 Å². The Balaban J connectivity index is 1.33. The third-order valence-corrected chi connectivity index (χ3v) is 8.33. The molecule has 1 atom stereocenters. The van der Waals surface area contributed by atoms with E-state index in [1.165, 1.54) is 18.2 Å². The molecular formula is C37H27F3N2O4. The number of hydrogen-bond donors (Lipinski definition) is 1. The zero-order valence-corrected chi connectivity index (χ0v) is 24.6. The lowest BCUT2D eigenvalue weighted by Gasteiger charge is -2.37. The number of esters is 1. The first-order valence-electron chi connectivity index (χ1n) is 14.8. The Morgan fingerprint density at radius 2 is 1.54 bits per heavy atom. The minimum Gasteiger partial charge on any atom is -0.456 e. The Kier molecular flexibility index (Phi) is 7.04. The highest BCUT2D eigenvalue weighted by Gasteiger charge is 2.53. The predicted molar refractivity (Wildman–Crippen MR) is 168 cm³/mol. The first-order valence-corrected chi connectivity index (χ1v) is 14.8. The molecule has 2 aliphatic heterocycles. The Morgan fingerprint density at radius 1 is 0.804 bits per heavy atom. The van der Waals surface area contributed by atoms with Crippen molar-refractivity contribution in [1.82, 2.24) is 0 Å². The van der Waals surface area contributed by atoms with Crippen molar-refractivity contribution in [3.63, 3.8) is 0 Å². The van der Waals surface area contributed by atoms with Gasteiger partial charge in [0.15, 0.2) is 5.60 Å². The van der Waals surface area contributed by atoms with E-state index in [1.807, 2.05) is 37.3 Å². The molecule has 0 saturated carbocycles. The van der Waals surface area contributed by atoms with Crippen LogP contribution in [0, 0.1) is 0 Å². The van der Waals surface area contributed by atoms with Crippen molar-refractivity contribution in [3.8, 4) is 11.5 Å². The normalized spacial score (nSPS) is 16.1. The number of anilines is 3. The third-order valence-electron chi connectivity index (χ3n) is 8.33. The number of carbonyl (C=O) groups excluding carboxylic acids is 2. The number of para-hydroxylation sites is 1. The van der Waals surface area contributed by atoms with Gasteiger partial charge in [0.05, 0.1) is 23.2 Å². The molecule has 0 fully saturated rings. The summed E-state index contributed by atoms with van der Waals surface area (Å²) < 4.78 is 53.9. The fraction of sp³-hybridized carbons (Fsp3) is 0.135. The lowest BCUT2D eigenvalue weighted by molar-refractivity contribution is -0.137. The van der Waals surface area contributed by atoms with Gasteiger partial charge < -0.3 is 19.7 Å². The average molecular weight is 621 g/mol. The van der Waals surface area contributed by atoms with Crippen molar-refractivity contribution >= 4 is 28.9 Å². The maximum atomic E-state index is 13.8. The second-order valence-corrected chi connectivity index (χ2v) is 11.1. The van der Waals surface area contributed by atoms with E-state index in [0.29, 0.717) is 51.7 Å². The van der Waals surface area contributed by atoms with Crippen molar-refractivity contribution in [3.05, 3.63) is 149 Å². The van der Waals surface area contributed by atoms with Gasteiger partial charge in [-0.15, -0.1) is 0 Å². The summed E-state index contributed by atoms with van der Waals surface area (Å²) in [5.41, 5.74) is 1.42. The van der Waals surface area contributed by atoms with Crippen molar-refractivity contribution < 1.29 is 32.2 Å². The molecule has 1 spiro atoms. The summed E-state index contributed by atoms with van der Waals surface area (Å²) in [6, 6.07) is 31.9. The van der Waals surface area contributed by atoms with Crippen LogP contribution in [-0.4, -0.2) is 18.4 Å². The minimum atomic E-state index is -4.56.